The van der Waals surface area contributed by atoms with Crippen LogP contribution in [-0.4, -0.2) is 56.1 Å². The number of aryl methyl sites for hydroxylation is 1. The van der Waals surface area contributed by atoms with Crippen LogP contribution in [0.25, 0.3) is 0 Å². The van der Waals surface area contributed by atoms with Gasteiger partial charge in [-0.3, -0.25) is 9.69 Å². The van der Waals surface area contributed by atoms with Crippen molar-refractivity contribution in [1.82, 2.24) is 24.6 Å². The number of hydrogen-bond donors (Lipinski definition) is 0. The number of likely N-dealkylation sites (tertiary alicyclic amines) is 2. The van der Waals surface area contributed by atoms with Crippen molar-refractivity contribution < 1.29 is 4.79 Å². The summed E-state index contributed by atoms with van der Waals surface area (Å²) in [6.45, 7) is 5.87. The normalized spacial score (nSPS) is 23.5. The molecular formula is C16H27N5O. The van der Waals surface area contributed by atoms with E-state index in [0.717, 1.165) is 57.1 Å². The number of amides is 1. The lowest BCUT2D eigenvalue weighted by molar-refractivity contribution is -0.128. The average molecular weight is 305 g/mol. The minimum Gasteiger partial charge on any atom is -0.341 e. The highest BCUT2D eigenvalue weighted by Gasteiger charge is 2.29. The molecule has 0 aliphatic carbocycles. The molecule has 6 nitrogen and oxygen atoms in total. The number of aromatic nitrogens is 3. The van der Waals surface area contributed by atoms with Crippen molar-refractivity contribution in [3.63, 3.8) is 0 Å². The van der Waals surface area contributed by atoms with Gasteiger partial charge in [0.05, 0.1) is 6.54 Å². The van der Waals surface area contributed by atoms with E-state index in [1.165, 1.54) is 19.3 Å². The molecule has 1 amide bonds. The third-order valence-corrected chi connectivity index (χ3v) is 5.07. The van der Waals surface area contributed by atoms with Gasteiger partial charge in [0, 0.05) is 39.0 Å². The number of nitrogens with zero attached hydrogens (tertiary/aromatic N) is 5. The van der Waals surface area contributed by atoms with E-state index in [2.05, 4.69) is 38.5 Å². The Kier molecular flexibility index (Phi) is 4.76. The molecule has 122 valence electrons. The molecule has 0 aromatic carbocycles. The molecule has 2 aliphatic heterocycles. The summed E-state index contributed by atoms with van der Waals surface area (Å²) in [5.41, 5.74) is 0. The van der Waals surface area contributed by atoms with Gasteiger partial charge in [0.25, 0.3) is 0 Å². The Morgan fingerprint density at radius 1 is 1.14 bits per heavy atom. The second-order valence-electron chi connectivity index (χ2n) is 6.51. The lowest BCUT2D eigenvalue weighted by Crippen LogP contribution is -2.47. The number of hydrogen-bond acceptors (Lipinski definition) is 4. The topological polar surface area (TPSA) is 54.3 Å². The van der Waals surface area contributed by atoms with Crippen LogP contribution in [0.5, 0.6) is 0 Å². The minimum atomic E-state index is 0.331. The van der Waals surface area contributed by atoms with E-state index in [-0.39, 0.29) is 0 Å². The summed E-state index contributed by atoms with van der Waals surface area (Å²) < 4.78 is 2.12. The van der Waals surface area contributed by atoms with Crippen LogP contribution in [-0.2, 0) is 24.8 Å². The second kappa shape index (κ2) is 6.77. The fraction of sp³-hybridized carbons (Fsp3) is 0.812. The van der Waals surface area contributed by atoms with Crippen LogP contribution in [0.15, 0.2) is 0 Å². The Balaban J connectivity index is 1.66. The fourth-order valence-electron chi connectivity index (χ4n) is 3.65. The van der Waals surface area contributed by atoms with Gasteiger partial charge in [0.2, 0.25) is 5.91 Å². The minimum absolute atomic E-state index is 0.331. The fourth-order valence-corrected chi connectivity index (χ4v) is 3.65. The lowest BCUT2D eigenvalue weighted by atomic mass is 10.0. The van der Waals surface area contributed by atoms with Crippen molar-refractivity contribution in [2.45, 2.75) is 58.0 Å². The van der Waals surface area contributed by atoms with Gasteiger partial charge in [-0.1, -0.05) is 13.3 Å². The average Bonchev–Trinajstić information content (AvgIpc) is 3.08. The van der Waals surface area contributed by atoms with Crippen LogP contribution in [0, 0.1) is 0 Å². The monoisotopic (exact) mass is 305 g/mol. The molecule has 0 radical (unpaired) electrons. The Labute approximate surface area is 132 Å². The van der Waals surface area contributed by atoms with Crippen LogP contribution < -0.4 is 0 Å². The summed E-state index contributed by atoms with van der Waals surface area (Å²) in [6, 6.07) is 0.470. The van der Waals surface area contributed by atoms with E-state index in [1.54, 1.807) is 0 Å². The van der Waals surface area contributed by atoms with Crippen LogP contribution in [0.2, 0.25) is 0 Å². The molecular weight excluding hydrogens is 278 g/mol. The number of rotatable bonds is 5. The summed E-state index contributed by atoms with van der Waals surface area (Å²) in [5, 5.41) is 8.61. The van der Waals surface area contributed by atoms with Gasteiger partial charge in [0.1, 0.15) is 11.6 Å². The second-order valence-corrected chi connectivity index (χ2v) is 6.51. The van der Waals surface area contributed by atoms with Crippen LogP contribution >= 0.6 is 0 Å². The van der Waals surface area contributed by atoms with E-state index in [1.807, 2.05) is 0 Å². The number of piperidine rings is 1. The zero-order valence-electron chi connectivity index (χ0n) is 13.8. The quantitative estimate of drug-likeness (QED) is 0.824. The van der Waals surface area contributed by atoms with Crippen LogP contribution in [0.4, 0.5) is 0 Å². The standard InChI is InChI=1S/C16H27N5O/c1-3-14-17-18-15(19(14)2)12-20-9-5-4-7-13(20)11-21-10-6-8-16(21)22/h13H,3-12H2,1-2H3. The molecule has 1 aromatic rings. The first-order chi connectivity index (χ1) is 10.7. The third kappa shape index (κ3) is 3.16. The maximum Gasteiger partial charge on any atom is 0.222 e. The summed E-state index contributed by atoms with van der Waals surface area (Å²) >= 11 is 0. The first-order valence-corrected chi connectivity index (χ1v) is 8.58. The van der Waals surface area contributed by atoms with Gasteiger partial charge in [-0.2, -0.15) is 0 Å². The van der Waals surface area contributed by atoms with Gasteiger partial charge in [-0.05, 0) is 25.8 Å². The molecule has 0 spiro atoms. The molecule has 1 aromatic heterocycles. The largest absolute Gasteiger partial charge is 0.341 e. The highest BCUT2D eigenvalue weighted by Crippen LogP contribution is 2.22. The molecule has 1 unspecified atom stereocenters. The highest BCUT2D eigenvalue weighted by molar-refractivity contribution is 5.78. The maximum atomic E-state index is 11.9. The third-order valence-electron chi connectivity index (χ3n) is 5.07. The van der Waals surface area contributed by atoms with Crippen molar-refractivity contribution in [2.75, 3.05) is 19.6 Å². The summed E-state index contributed by atoms with van der Waals surface area (Å²) in [7, 11) is 2.05. The van der Waals surface area contributed by atoms with Crippen molar-refractivity contribution in [2.24, 2.45) is 7.05 Å². The molecule has 0 N–H and O–H groups in total. The number of carbonyl (C=O) groups excluding carboxylic acids is 1. The molecule has 1 atom stereocenters. The SMILES string of the molecule is CCc1nnc(CN2CCCCC2CN2CCCC2=O)n1C. The molecule has 22 heavy (non-hydrogen) atoms. The first-order valence-electron chi connectivity index (χ1n) is 8.58. The van der Waals surface area contributed by atoms with Gasteiger partial charge in [-0.25, -0.2) is 0 Å². The highest BCUT2D eigenvalue weighted by atomic mass is 16.2. The van der Waals surface area contributed by atoms with Crippen LogP contribution in [0.1, 0.15) is 50.7 Å². The summed E-state index contributed by atoms with van der Waals surface area (Å²) in [6.07, 6.45) is 6.35. The van der Waals surface area contributed by atoms with Crippen molar-refractivity contribution in [3.8, 4) is 0 Å². The van der Waals surface area contributed by atoms with Crippen molar-refractivity contribution in [1.29, 1.82) is 0 Å². The maximum absolute atomic E-state index is 11.9. The molecule has 3 rings (SSSR count). The zero-order chi connectivity index (χ0) is 15.5. The molecule has 2 aliphatic rings. The summed E-state index contributed by atoms with van der Waals surface area (Å²) in [4.78, 5) is 16.4. The molecule has 3 heterocycles. The Hall–Kier alpha value is -1.43. The molecule has 6 heteroatoms. The zero-order valence-corrected chi connectivity index (χ0v) is 13.8. The number of carbonyl (C=O) groups is 1. The van der Waals surface area contributed by atoms with E-state index in [4.69, 9.17) is 0 Å². The first kappa shape index (κ1) is 15.5. The van der Waals surface area contributed by atoms with E-state index in [9.17, 15) is 4.79 Å². The predicted molar refractivity (Wildman–Crippen MR) is 84.2 cm³/mol. The van der Waals surface area contributed by atoms with Gasteiger partial charge >= 0.3 is 0 Å². The Bertz CT molecular complexity index is 527. The van der Waals surface area contributed by atoms with Gasteiger partial charge in [-0.15, -0.1) is 10.2 Å². The van der Waals surface area contributed by atoms with E-state index >= 15 is 0 Å². The molecule has 2 saturated heterocycles. The predicted octanol–water partition coefficient (Wildman–Crippen LogP) is 1.35. The molecule has 2 fully saturated rings. The van der Waals surface area contributed by atoms with Gasteiger partial charge < -0.3 is 9.47 Å². The Morgan fingerprint density at radius 3 is 2.64 bits per heavy atom. The van der Waals surface area contributed by atoms with Crippen molar-refractivity contribution in [3.05, 3.63) is 11.6 Å². The van der Waals surface area contributed by atoms with E-state index < -0.39 is 0 Å². The Morgan fingerprint density at radius 2 is 1.95 bits per heavy atom. The van der Waals surface area contributed by atoms with Crippen molar-refractivity contribution >= 4 is 5.91 Å². The van der Waals surface area contributed by atoms with Crippen LogP contribution in [0.3, 0.4) is 0 Å². The summed E-state index contributed by atoms with van der Waals surface area (Å²) in [5.74, 6) is 2.41. The van der Waals surface area contributed by atoms with Gasteiger partial charge in [0.15, 0.2) is 0 Å². The molecule has 0 bridgehead atoms. The smallest absolute Gasteiger partial charge is 0.222 e. The van der Waals surface area contributed by atoms with E-state index in [0.29, 0.717) is 11.9 Å². The molecule has 0 saturated carbocycles. The lowest BCUT2D eigenvalue weighted by Gasteiger charge is -2.37.